The summed E-state index contributed by atoms with van der Waals surface area (Å²) in [6.45, 7) is 0. The first-order chi connectivity index (χ1) is 3.41. The van der Waals surface area contributed by atoms with Crippen molar-refractivity contribution in [3.05, 3.63) is 0 Å². The van der Waals surface area contributed by atoms with E-state index in [2.05, 4.69) is 0 Å². The van der Waals surface area contributed by atoms with Crippen molar-refractivity contribution < 1.29 is 39.4 Å². The third-order valence-corrected chi connectivity index (χ3v) is 0. The molecule has 0 aromatic carbocycles. The van der Waals surface area contributed by atoms with E-state index in [1.54, 1.807) is 0 Å². The van der Waals surface area contributed by atoms with Gasteiger partial charge in [0.15, 0.2) is 0 Å². The SMILES string of the molecule is F[Si](F)(F)F.[F][Cu][F]. The molecule has 0 heterocycles. The van der Waals surface area contributed by atoms with Crippen LogP contribution in [0.1, 0.15) is 0 Å². The van der Waals surface area contributed by atoms with Gasteiger partial charge in [-0.2, -0.15) is 0 Å². The molecule has 0 unspecified atom stereocenters. The molecular formula is CuF6Si. The van der Waals surface area contributed by atoms with Gasteiger partial charge in [0.2, 0.25) is 0 Å². The Morgan fingerprint density at radius 2 is 0.875 bits per heavy atom. The quantitative estimate of drug-likeness (QED) is 0.323. The van der Waals surface area contributed by atoms with Crippen LogP contribution in [-0.2, 0) is 15.9 Å². The van der Waals surface area contributed by atoms with E-state index < -0.39 is 25.3 Å². The number of hydrogen-bond donors (Lipinski definition) is 0. The first kappa shape index (κ1) is 11.2. The van der Waals surface area contributed by atoms with Crippen LogP contribution in [0.4, 0.5) is 23.5 Å². The third-order valence-electron chi connectivity index (χ3n) is 0. The van der Waals surface area contributed by atoms with Gasteiger partial charge in [-0.1, -0.05) is 0 Å². The van der Waals surface area contributed by atoms with Crippen molar-refractivity contribution in [2.75, 3.05) is 0 Å². The Hall–Kier alpha value is 0.316. The zero-order valence-corrected chi connectivity index (χ0v) is 5.01. The van der Waals surface area contributed by atoms with Crippen molar-refractivity contribution in [2.45, 2.75) is 0 Å². The molecule has 0 aliphatic carbocycles. The van der Waals surface area contributed by atoms with Gasteiger partial charge >= 0.3 is 32.4 Å². The van der Waals surface area contributed by atoms with Gasteiger partial charge in [0, 0.05) is 0 Å². The molecule has 0 saturated carbocycles. The van der Waals surface area contributed by atoms with Crippen molar-refractivity contribution in [1.82, 2.24) is 0 Å². The van der Waals surface area contributed by atoms with E-state index in [-0.39, 0.29) is 0 Å². The first-order valence-electron chi connectivity index (χ1n) is 0.984. The predicted molar refractivity (Wildman–Crippen MR) is 12.4 cm³/mol. The second-order valence-corrected chi connectivity index (χ2v) is 1.46. The molecule has 8 heavy (non-hydrogen) atoms. The fraction of sp³-hybridized carbons (Fsp3) is 0. The number of halogens is 6. The van der Waals surface area contributed by atoms with Crippen molar-refractivity contribution in [2.24, 2.45) is 0 Å². The van der Waals surface area contributed by atoms with Crippen molar-refractivity contribution in [1.29, 1.82) is 0 Å². The molecule has 0 bridgehead atoms. The summed E-state index contributed by atoms with van der Waals surface area (Å²) in [6.07, 6.45) is 0. The van der Waals surface area contributed by atoms with E-state index in [9.17, 15) is 23.5 Å². The first-order valence-corrected chi connectivity index (χ1v) is 3.21. The summed E-state index contributed by atoms with van der Waals surface area (Å²) in [5.74, 6) is 0. The Kier molecular flexibility index (Phi) is 7.61. The molecule has 0 aromatic heterocycles. The van der Waals surface area contributed by atoms with Gasteiger partial charge in [0.25, 0.3) is 0 Å². The Morgan fingerprint density at radius 3 is 0.875 bits per heavy atom. The molecule has 0 N–H and O–H groups in total. The van der Waals surface area contributed by atoms with Crippen molar-refractivity contribution >= 4 is 9.41 Å². The Morgan fingerprint density at radius 1 is 0.875 bits per heavy atom. The standard InChI is InChI=1S/Cu.F4Si.2FH/c;1-5(2,3)4;;/h;;2*1H/q+2;;;/p-2. The summed E-state index contributed by atoms with van der Waals surface area (Å²) in [7, 11) is -6.61. The summed E-state index contributed by atoms with van der Waals surface area (Å²) in [4.78, 5) is 0. The molecular weight excluding hydrogens is 206 g/mol. The average Bonchev–Trinajstić information content (AvgIpc) is 1.27. The Bertz CT molecular complexity index is 32.3. The van der Waals surface area contributed by atoms with Gasteiger partial charge in [-0.3, -0.25) is 0 Å². The fourth-order valence-corrected chi connectivity index (χ4v) is 0. The van der Waals surface area contributed by atoms with Crippen LogP contribution in [0.5, 0.6) is 0 Å². The molecule has 0 atom stereocenters. The molecule has 0 spiro atoms. The van der Waals surface area contributed by atoms with Crippen LogP contribution in [0, 0.1) is 0 Å². The number of hydrogen-bond acceptors (Lipinski definition) is 0. The summed E-state index contributed by atoms with van der Waals surface area (Å²) in [6, 6.07) is 0. The maximum atomic E-state index is 9.83. The van der Waals surface area contributed by atoms with Crippen molar-refractivity contribution in [3.8, 4) is 0 Å². The second-order valence-electron chi connectivity index (χ2n) is 0.472. The van der Waals surface area contributed by atoms with Crippen molar-refractivity contribution in [3.63, 3.8) is 0 Å². The van der Waals surface area contributed by atoms with Gasteiger partial charge in [-0.05, 0) is 0 Å². The van der Waals surface area contributed by atoms with Gasteiger partial charge in [-0.25, -0.2) is 16.4 Å². The van der Waals surface area contributed by atoms with Crippen LogP contribution >= 0.6 is 0 Å². The molecule has 8 heteroatoms. The predicted octanol–water partition coefficient (Wildman–Crippen LogP) is 2.14. The van der Waals surface area contributed by atoms with Gasteiger partial charge < -0.3 is 0 Å². The number of rotatable bonds is 0. The summed E-state index contributed by atoms with van der Waals surface area (Å²) in [5.41, 5.74) is 0. The third kappa shape index (κ3) is 1780. The normalized spacial score (nSPS) is 10.2. The maximum absolute atomic E-state index is 9.83. The fourth-order valence-electron chi connectivity index (χ4n) is 0. The van der Waals surface area contributed by atoms with Crippen LogP contribution in [0.15, 0.2) is 0 Å². The van der Waals surface area contributed by atoms with E-state index in [1.807, 2.05) is 0 Å². The second kappa shape index (κ2) is 5.45. The van der Waals surface area contributed by atoms with Crippen LogP contribution in [0.3, 0.4) is 0 Å². The van der Waals surface area contributed by atoms with Gasteiger partial charge in [-0.15, -0.1) is 0 Å². The molecule has 0 aromatic rings. The molecule has 0 saturated heterocycles. The molecule has 0 amide bonds. The van der Waals surface area contributed by atoms with Gasteiger partial charge in [0.1, 0.15) is 0 Å². The Labute approximate surface area is 49.7 Å². The van der Waals surface area contributed by atoms with E-state index in [0.717, 1.165) is 0 Å². The summed E-state index contributed by atoms with van der Waals surface area (Å²) >= 11 is -1.19. The van der Waals surface area contributed by atoms with Gasteiger partial charge in [0.05, 0.1) is 0 Å². The summed E-state index contributed by atoms with van der Waals surface area (Å²) in [5, 5.41) is 0. The zero-order valence-electron chi connectivity index (χ0n) is 3.07. The zero-order chi connectivity index (χ0) is 7.21. The minimum atomic E-state index is -6.61. The monoisotopic (exact) mass is 205 g/mol. The van der Waals surface area contributed by atoms with E-state index in [1.165, 1.54) is 0 Å². The van der Waals surface area contributed by atoms with Crippen LogP contribution in [-0.4, -0.2) is 9.41 Å². The van der Waals surface area contributed by atoms with E-state index in [4.69, 9.17) is 0 Å². The molecule has 0 fully saturated rings. The van der Waals surface area contributed by atoms with Crippen LogP contribution in [0.2, 0.25) is 0 Å². The van der Waals surface area contributed by atoms with E-state index in [0.29, 0.717) is 0 Å². The average molecular weight is 206 g/mol. The molecule has 0 rings (SSSR count). The molecule has 57 valence electrons. The molecule has 0 nitrogen and oxygen atoms in total. The topological polar surface area (TPSA) is 0 Å². The van der Waals surface area contributed by atoms with Crippen LogP contribution < -0.4 is 0 Å². The minimum absolute atomic E-state index is 1.19. The molecule has 0 radical (unpaired) electrons. The van der Waals surface area contributed by atoms with Crippen LogP contribution in [0.25, 0.3) is 0 Å². The Balaban J connectivity index is 0. The van der Waals surface area contributed by atoms with E-state index >= 15 is 0 Å². The summed E-state index contributed by atoms with van der Waals surface area (Å²) < 4.78 is 58.4. The molecule has 0 aliphatic rings. The molecule has 0 aliphatic heterocycles.